The molecule has 0 saturated carbocycles. The number of aromatic hydroxyl groups is 1. The molecule has 0 aliphatic rings. The van der Waals surface area contributed by atoms with E-state index < -0.39 is 0 Å². The number of ketones is 1. The number of rotatable bonds is 6. The van der Waals surface area contributed by atoms with Crippen molar-refractivity contribution in [3.05, 3.63) is 77.5 Å². The van der Waals surface area contributed by atoms with Gasteiger partial charge in [-0.05, 0) is 31.0 Å². The molecule has 2 N–H and O–H groups in total. The van der Waals surface area contributed by atoms with Crippen molar-refractivity contribution in [2.24, 2.45) is 0 Å². The Morgan fingerprint density at radius 1 is 1.10 bits per heavy atom. The number of nitrogens with one attached hydrogen (secondary N) is 1. The van der Waals surface area contributed by atoms with E-state index in [2.05, 4.69) is 5.32 Å². The molecule has 21 heavy (non-hydrogen) atoms. The molecule has 0 heterocycles. The van der Waals surface area contributed by atoms with Crippen LogP contribution in [0, 0.1) is 0 Å². The van der Waals surface area contributed by atoms with Crippen LogP contribution in [-0.4, -0.2) is 17.4 Å². The number of phenolic OH excluding ortho intramolecular Hbond substituents is 1. The van der Waals surface area contributed by atoms with Crippen LogP contribution in [0.25, 0.3) is 0 Å². The first-order chi connectivity index (χ1) is 10.2. The quantitative estimate of drug-likeness (QED) is 0.485. The maximum Gasteiger partial charge on any atom is 0.190 e. The molecule has 0 saturated heterocycles. The van der Waals surface area contributed by atoms with E-state index in [0.717, 1.165) is 18.5 Å². The third-order valence-electron chi connectivity index (χ3n) is 3.21. The van der Waals surface area contributed by atoms with Gasteiger partial charge in [0.05, 0.1) is 0 Å². The number of carbonyl (C=O) groups excluding carboxylic acids is 1. The summed E-state index contributed by atoms with van der Waals surface area (Å²) in [5, 5.41) is 12.4. The second-order valence-corrected chi connectivity index (χ2v) is 4.89. The molecule has 0 aliphatic heterocycles. The molecule has 108 valence electrons. The van der Waals surface area contributed by atoms with Crippen LogP contribution in [0.3, 0.4) is 0 Å². The van der Waals surface area contributed by atoms with Crippen molar-refractivity contribution in [3.63, 3.8) is 0 Å². The molecule has 2 aromatic rings. The van der Waals surface area contributed by atoms with Crippen LogP contribution in [0.5, 0.6) is 5.75 Å². The van der Waals surface area contributed by atoms with Gasteiger partial charge in [0.25, 0.3) is 0 Å². The van der Waals surface area contributed by atoms with Crippen LogP contribution in [0.1, 0.15) is 22.8 Å². The highest BCUT2D eigenvalue weighted by Crippen LogP contribution is 2.10. The van der Waals surface area contributed by atoms with Gasteiger partial charge in [-0.25, -0.2) is 0 Å². The number of benzene rings is 2. The summed E-state index contributed by atoms with van der Waals surface area (Å²) in [4.78, 5) is 12.1. The predicted molar refractivity (Wildman–Crippen MR) is 84.3 cm³/mol. The first-order valence-corrected chi connectivity index (χ1v) is 6.94. The summed E-state index contributed by atoms with van der Waals surface area (Å²) in [6, 6.07) is 16.4. The highest BCUT2D eigenvalue weighted by Gasteiger charge is 2.06. The molecule has 0 atom stereocenters. The van der Waals surface area contributed by atoms with Crippen LogP contribution in [0.15, 0.2) is 66.4 Å². The monoisotopic (exact) mass is 281 g/mol. The van der Waals surface area contributed by atoms with Gasteiger partial charge in [-0.3, -0.25) is 4.79 Å². The van der Waals surface area contributed by atoms with Crippen molar-refractivity contribution in [1.82, 2.24) is 5.32 Å². The third-order valence-corrected chi connectivity index (χ3v) is 3.21. The number of Topliss-reactive ketones (excluding diaryl/α,β-unsaturated/α-hetero) is 1. The lowest BCUT2D eigenvalue weighted by atomic mass is 10.1. The van der Waals surface area contributed by atoms with Gasteiger partial charge in [-0.15, -0.1) is 0 Å². The normalized spacial score (nSPS) is 11.2. The van der Waals surface area contributed by atoms with Crippen molar-refractivity contribution in [1.29, 1.82) is 0 Å². The Hall–Kier alpha value is -2.55. The van der Waals surface area contributed by atoms with Crippen molar-refractivity contribution in [3.8, 4) is 5.75 Å². The summed E-state index contributed by atoms with van der Waals surface area (Å²) in [5.74, 6) is 0.309. The molecule has 0 bridgehead atoms. The zero-order valence-electron chi connectivity index (χ0n) is 12.0. The molecule has 2 aromatic carbocycles. The molecular formula is C18H19NO2. The maximum atomic E-state index is 12.1. The van der Waals surface area contributed by atoms with Gasteiger partial charge in [0.15, 0.2) is 5.78 Å². The lowest BCUT2D eigenvalue weighted by Gasteiger charge is -2.04. The van der Waals surface area contributed by atoms with E-state index in [9.17, 15) is 9.90 Å². The minimum Gasteiger partial charge on any atom is -0.508 e. The number of phenols is 1. The lowest BCUT2D eigenvalue weighted by molar-refractivity contribution is 0.103. The van der Waals surface area contributed by atoms with Crippen LogP contribution in [0.4, 0.5) is 0 Å². The molecule has 0 amide bonds. The summed E-state index contributed by atoms with van der Waals surface area (Å²) in [6.45, 7) is 2.55. The second-order valence-electron chi connectivity index (χ2n) is 4.89. The van der Waals surface area contributed by atoms with E-state index in [1.54, 1.807) is 18.3 Å². The van der Waals surface area contributed by atoms with Crippen LogP contribution < -0.4 is 5.32 Å². The van der Waals surface area contributed by atoms with E-state index in [1.807, 2.05) is 49.4 Å². The lowest BCUT2D eigenvalue weighted by Crippen LogP contribution is -2.12. The molecule has 0 unspecified atom stereocenters. The van der Waals surface area contributed by atoms with Crippen LogP contribution >= 0.6 is 0 Å². The van der Waals surface area contributed by atoms with Crippen LogP contribution in [-0.2, 0) is 6.42 Å². The molecule has 0 radical (unpaired) electrons. The Morgan fingerprint density at radius 3 is 2.43 bits per heavy atom. The van der Waals surface area contributed by atoms with Crippen molar-refractivity contribution < 1.29 is 9.90 Å². The third kappa shape index (κ3) is 4.49. The van der Waals surface area contributed by atoms with Crippen LogP contribution in [0.2, 0.25) is 0 Å². The van der Waals surface area contributed by atoms with E-state index in [-0.39, 0.29) is 11.5 Å². The van der Waals surface area contributed by atoms with E-state index in [0.29, 0.717) is 11.1 Å². The van der Waals surface area contributed by atoms with Crippen molar-refractivity contribution >= 4 is 5.78 Å². The molecule has 3 heteroatoms. The SMILES string of the molecule is C/C(=C/NCCc1ccc(O)cc1)C(=O)c1ccccc1. The second kappa shape index (κ2) is 7.29. The van der Waals surface area contributed by atoms with Gasteiger partial charge in [0, 0.05) is 23.9 Å². The topological polar surface area (TPSA) is 49.3 Å². The molecule has 0 fully saturated rings. The minimum atomic E-state index is 0.0349. The zero-order valence-corrected chi connectivity index (χ0v) is 12.0. The van der Waals surface area contributed by atoms with Gasteiger partial charge >= 0.3 is 0 Å². The Labute approximate surface area is 124 Å². The summed E-state index contributed by atoms with van der Waals surface area (Å²) < 4.78 is 0. The van der Waals surface area contributed by atoms with E-state index in [4.69, 9.17) is 0 Å². The molecular weight excluding hydrogens is 262 g/mol. The minimum absolute atomic E-state index is 0.0349. The Kier molecular flexibility index (Phi) is 5.16. The van der Waals surface area contributed by atoms with Crippen molar-refractivity contribution in [2.45, 2.75) is 13.3 Å². The van der Waals surface area contributed by atoms with Gasteiger partial charge in [0.2, 0.25) is 0 Å². The molecule has 0 aromatic heterocycles. The molecule has 2 rings (SSSR count). The standard InChI is InChI=1S/C18H19NO2/c1-14(18(21)16-5-3-2-4-6-16)13-19-12-11-15-7-9-17(20)10-8-15/h2-10,13,19-20H,11-12H2,1H3/b14-13-. The largest absolute Gasteiger partial charge is 0.508 e. The number of hydrogen-bond donors (Lipinski definition) is 2. The highest BCUT2D eigenvalue weighted by molar-refractivity contribution is 6.08. The Balaban J connectivity index is 1.83. The number of hydrogen-bond acceptors (Lipinski definition) is 3. The summed E-state index contributed by atoms with van der Waals surface area (Å²) in [7, 11) is 0. The fraction of sp³-hybridized carbons (Fsp3) is 0.167. The zero-order chi connectivity index (χ0) is 15.1. The molecule has 0 aliphatic carbocycles. The van der Waals surface area contributed by atoms with E-state index >= 15 is 0 Å². The average molecular weight is 281 g/mol. The summed E-state index contributed by atoms with van der Waals surface area (Å²) in [5.41, 5.74) is 2.53. The number of carbonyl (C=O) groups is 1. The first kappa shape index (κ1) is 14.9. The smallest absolute Gasteiger partial charge is 0.190 e. The fourth-order valence-electron chi connectivity index (χ4n) is 1.99. The molecule has 3 nitrogen and oxygen atoms in total. The van der Waals surface area contributed by atoms with Gasteiger partial charge in [-0.1, -0.05) is 42.5 Å². The predicted octanol–water partition coefficient (Wildman–Crippen LogP) is 3.31. The average Bonchev–Trinajstić information content (AvgIpc) is 2.53. The first-order valence-electron chi connectivity index (χ1n) is 6.94. The van der Waals surface area contributed by atoms with Gasteiger partial charge < -0.3 is 10.4 Å². The highest BCUT2D eigenvalue weighted by atomic mass is 16.3. The maximum absolute atomic E-state index is 12.1. The summed E-state index contributed by atoms with van der Waals surface area (Å²) >= 11 is 0. The summed E-state index contributed by atoms with van der Waals surface area (Å²) in [6.07, 6.45) is 2.60. The fourth-order valence-corrected chi connectivity index (χ4v) is 1.99. The van der Waals surface area contributed by atoms with Gasteiger partial charge in [-0.2, -0.15) is 0 Å². The Morgan fingerprint density at radius 2 is 1.76 bits per heavy atom. The Bertz CT molecular complexity index is 615. The molecule has 0 spiro atoms. The number of allylic oxidation sites excluding steroid dienone is 1. The van der Waals surface area contributed by atoms with Gasteiger partial charge in [0.1, 0.15) is 5.75 Å². The van der Waals surface area contributed by atoms with Crippen molar-refractivity contribution in [2.75, 3.05) is 6.54 Å². The van der Waals surface area contributed by atoms with E-state index in [1.165, 1.54) is 0 Å².